The number of Topliss-reactive ketones (excluding diaryl/α,β-unsaturated/α-hetero) is 2. The van der Waals surface area contributed by atoms with E-state index in [1.54, 1.807) is 89.5 Å². The van der Waals surface area contributed by atoms with E-state index in [9.17, 15) is 24.0 Å². The van der Waals surface area contributed by atoms with Gasteiger partial charge in [-0.2, -0.15) is 0 Å². The molecule has 0 bridgehead atoms. The normalized spacial score (nSPS) is 14.8. The van der Waals surface area contributed by atoms with E-state index < -0.39 is 0 Å². The van der Waals surface area contributed by atoms with Crippen LogP contribution in [0, 0.1) is 11.8 Å². The summed E-state index contributed by atoms with van der Waals surface area (Å²) in [6.07, 6.45) is 8.96. The van der Waals surface area contributed by atoms with Crippen LogP contribution in [0.3, 0.4) is 0 Å². The second-order valence-electron chi connectivity index (χ2n) is 17.5. The lowest BCUT2D eigenvalue weighted by Crippen LogP contribution is -2.32. The monoisotopic (exact) mass is 987 g/mol. The van der Waals surface area contributed by atoms with Crippen LogP contribution in [0.15, 0.2) is 132 Å². The van der Waals surface area contributed by atoms with Crippen LogP contribution in [-0.4, -0.2) is 47.4 Å². The zero-order valence-electron chi connectivity index (χ0n) is 36.5. The lowest BCUT2D eigenvalue weighted by Gasteiger charge is -2.23. The van der Waals surface area contributed by atoms with Gasteiger partial charge in [-0.1, -0.05) is 36.4 Å². The van der Waals surface area contributed by atoms with Crippen LogP contribution in [0.2, 0.25) is 0 Å². The molecule has 0 atom stereocenters. The second-order valence-corrected chi connectivity index (χ2v) is 20.5. The maximum Gasteiger partial charge on any atom is 0.275 e. The molecule has 4 aromatic carbocycles. The number of halogens is 1. The van der Waals surface area contributed by atoms with Crippen molar-refractivity contribution in [3.63, 3.8) is 0 Å². The second kappa shape index (κ2) is 19.0. The Hall–Kier alpha value is -6.54. The van der Waals surface area contributed by atoms with Crippen molar-refractivity contribution in [2.75, 3.05) is 33.9 Å². The molecule has 10 nitrogen and oxygen atoms in total. The molecule has 7 aromatic rings. The van der Waals surface area contributed by atoms with Gasteiger partial charge in [-0.15, -0.1) is 22.7 Å². The Bertz CT molecular complexity index is 3060. The number of thiophene rings is 2. The van der Waals surface area contributed by atoms with E-state index in [1.807, 2.05) is 64.4 Å². The van der Waals surface area contributed by atoms with E-state index in [1.165, 1.54) is 12.8 Å². The van der Waals surface area contributed by atoms with Crippen molar-refractivity contribution in [2.24, 2.45) is 11.8 Å². The van der Waals surface area contributed by atoms with Gasteiger partial charge < -0.3 is 20.9 Å². The zero-order valence-corrected chi connectivity index (χ0v) is 39.7. The zero-order chi connectivity index (χ0) is 46.2. The number of hydrogen-bond acceptors (Lipinski definition) is 9. The Morgan fingerprint density at radius 1 is 0.627 bits per heavy atom. The van der Waals surface area contributed by atoms with Crippen LogP contribution in [0.4, 0.5) is 22.7 Å². The van der Waals surface area contributed by atoms with Crippen LogP contribution in [-0.2, 0) is 12.8 Å². The van der Waals surface area contributed by atoms with Crippen molar-refractivity contribution in [1.82, 2.24) is 4.98 Å². The van der Waals surface area contributed by atoms with Gasteiger partial charge in [0.05, 0.1) is 21.1 Å². The third kappa shape index (κ3) is 9.67. The van der Waals surface area contributed by atoms with Crippen molar-refractivity contribution in [1.29, 1.82) is 0 Å². The summed E-state index contributed by atoms with van der Waals surface area (Å²) in [6, 6.07) is 37.4. The number of nitrogens with two attached hydrogens (primary N) is 1. The minimum atomic E-state index is -0.334. The van der Waals surface area contributed by atoms with Crippen molar-refractivity contribution < 1.29 is 24.0 Å². The number of carbonyl (C=O) groups is 5. The number of aromatic nitrogens is 1. The number of nitrogens with zero attached hydrogens (tertiary/aromatic N) is 3. The number of benzene rings is 4. The van der Waals surface area contributed by atoms with Crippen molar-refractivity contribution in [2.45, 2.75) is 51.4 Å². The summed E-state index contributed by atoms with van der Waals surface area (Å²) in [7, 11) is 0. The highest BCUT2D eigenvalue weighted by atomic mass is 79.9. The van der Waals surface area contributed by atoms with E-state index >= 15 is 0 Å². The molecule has 0 unspecified atom stereocenters. The Labute approximate surface area is 405 Å². The maximum atomic E-state index is 13.7. The summed E-state index contributed by atoms with van der Waals surface area (Å²) >= 11 is 6.47. The van der Waals surface area contributed by atoms with Gasteiger partial charge in [-0.25, -0.2) is 4.98 Å². The minimum absolute atomic E-state index is 0.0300. The standard InChI is InChI=1S/C30H24BrN3O3S.C24H22N2O2S/c31-23-5-3-14-32-27(23)29(36)33-21-11-9-19(10-12-21)30(37)34-15-13-20-17-26(25(35)16-18-7-8-18)38-28(20)22-4-1-2-6-24(22)34;25-18-9-7-16(8-10-18)24(28)26-12-11-17-14-22(21(27)13-15-5-6-15)29-23(17)19-3-1-2-4-20(19)26/h1-6,9-12,14,17-18H,7-8,13,15-16H2,(H,33,36);1-4,7-10,14-15H,5-6,11-13,25H2. The van der Waals surface area contributed by atoms with Crippen molar-refractivity contribution >= 4 is 90.6 Å². The van der Waals surface area contributed by atoms with Gasteiger partial charge in [-0.05, 0) is 162 Å². The third-order valence-electron chi connectivity index (χ3n) is 12.6. The lowest BCUT2D eigenvalue weighted by atomic mass is 10.1. The molecule has 0 saturated heterocycles. The average molecular weight is 989 g/mol. The van der Waals surface area contributed by atoms with Crippen LogP contribution in [0.25, 0.3) is 20.9 Å². The van der Waals surface area contributed by atoms with Crippen LogP contribution in [0.5, 0.6) is 0 Å². The Kier molecular flexibility index (Phi) is 12.6. The van der Waals surface area contributed by atoms with E-state index in [0.717, 1.165) is 72.4 Å². The lowest BCUT2D eigenvalue weighted by molar-refractivity contribution is 0.0971. The van der Waals surface area contributed by atoms with Crippen molar-refractivity contribution in [3.05, 3.63) is 170 Å². The minimum Gasteiger partial charge on any atom is -0.399 e. The molecule has 5 heterocycles. The van der Waals surface area contributed by atoms with E-state index in [2.05, 4.69) is 32.3 Å². The highest BCUT2D eigenvalue weighted by Crippen LogP contribution is 2.45. The fourth-order valence-corrected chi connectivity index (χ4v) is 11.5. The number of nitrogen functional groups attached to an aromatic ring is 1. The molecular formula is C54H46BrN5O5S2. The molecular weight excluding hydrogens is 943 g/mol. The molecule has 0 radical (unpaired) electrons. The Morgan fingerprint density at radius 3 is 1.58 bits per heavy atom. The molecule has 2 fully saturated rings. The molecule has 0 spiro atoms. The first-order valence-electron chi connectivity index (χ1n) is 22.6. The fourth-order valence-electron chi connectivity index (χ4n) is 8.64. The molecule has 11 rings (SSSR count). The number of para-hydroxylation sites is 2. The van der Waals surface area contributed by atoms with E-state index in [0.29, 0.717) is 76.9 Å². The molecule has 3 aromatic heterocycles. The molecule has 4 aliphatic rings. The van der Waals surface area contributed by atoms with Crippen LogP contribution in [0.1, 0.15) is 100 Å². The molecule has 13 heteroatoms. The van der Waals surface area contributed by atoms with Gasteiger partial charge in [0.2, 0.25) is 0 Å². The van der Waals surface area contributed by atoms with Gasteiger partial charge in [0.25, 0.3) is 17.7 Å². The van der Waals surface area contributed by atoms with Gasteiger partial charge in [-0.3, -0.25) is 24.0 Å². The fraction of sp³-hybridized carbons (Fsp3) is 0.222. The molecule has 3 N–H and O–H groups in total. The summed E-state index contributed by atoms with van der Waals surface area (Å²) in [5, 5.41) is 2.83. The number of ketones is 2. The number of nitrogens with one attached hydrogen (secondary N) is 1. The average Bonchev–Trinajstić information content (AvgIpc) is 4.28. The number of rotatable bonds is 10. The highest BCUT2D eigenvalue weighted by molar-refractivity contribution is 9.10. The first-order valence-corrected chi connectivity index (χ1v) is 25.0. The van der Waals surface area contributed by atoms with Crippen LogP contribution < -0.4 is 20.9 Å². The molecule has 336 valence electrons. The Morgan fingerprint density at radius 2 is 1.10 bits per heavy atom. The number of amides is 3. The SMILES string of the molecule is Nc1ccc(C(=O)N2CCc3cc(C(=O)CC4CC4)sc3-c3ccccc32)cc1.O=C(CC1CC1)c1cc2c(s1)-c1ccccc1N(C(=O)c1ccc(NC(=O)c3ncccc3Br)cc1)CC2. The predicted molar refractivity (Wildman–Crippen MR) is 271 cm³/mol. The quantitative estimate of drug-likeness (QED) is 0.103. The van der Waals surface area contributed by atoms with E-state index in [4.69, 9.17) is 5.73 Å². The molecule has 2 aliphatic carbocycles. The number of hydrogen-bond donors (Lipinski definition) is 2. The van der Waals surface area contributed by atoms with Gasteiger partial charge >= 0.3 is 0 Å². The van der Waals surface area contributed by atoms with Crippen molar-refractivity contribution in [3.8, 4) is 20.9 Å². The molecule has 2 aliphatic heterocycles. The summed E-state index contributed by atoms with van der Waals surface area (Å²) in [4.78, 5) is 76.5. The first-order chi connectivity index (χ1) is 32.6. The topological polar surface area (TPSA) is 143 Å². The third-order valence-corrected chi connectivity index (χ3v) is 15.8. The summed E-state index contributed by atoms with van der Waals surface area (Å²) in [5.41, 5.74) is 14.5. The molecule has 3 amide bonds. The summed E-state index contributed by atoms with van der Waals surface area (Å²) < 4.78 is 0.608. The smallest absolute Gasteiger partial charge is 0.275 e. The van der Waals surface area contributed by atoms with Gasteiger partial charge in [0.15, 0.2) is 11.6 Å². The maximum absolute atomic E-state index is 13.7. The number of anilines is 4. The molecule has 67 heavy (non-hydrogen) atoms. The van der Waals surface area contributed by atoms with E-state index in [-0.39, 0.29) is 29.3 Å². The van der Waals surface area contributed by atoms with Gasteiger partial charge in [0, 0.05) is 80.0 Å². The predicted octanol–water partition coefficient (Wildman–Crippen LogP) is 12.2. The Balaban J connectivity index is 0.000000162. The summed E-state index contributed by atoms with van der Waals surface area (Å²) in [5.74, 6) is 1.17. The van der Waals surface area contributed by atoms with Crippen LogP contribution >= 0.6 is 38.6 Å². The number of fused-ring (bicyclic) bond motifs is 6. The first kappa shape index (κ1) is 44.3. The largest absolute Gasteiger partial charge is 0.399 e. The highest BCUT2D eigenvalue weighted by Gasteiger charge is 2.32. The number of carbonyl (C=O) groups excluding carboxylic acids is 5. The molecule has 2 saturated carbocycles. The van der Waals surface area contributed by atoms with Gasteiger partial charge in [0.1, 0.15) is 5.69 Å². The number of pyridine rings is 1. The summed E-state index contributed by atoms with van der Waals surface area (Å²) in [6.45, 7) is 1.10.